The lowest BCUT2D eigenvalue weighted by molar-refractivity contribution is -0.117. The van der Waals surface area contributed by atoms with Gasteiger partial charge in [-0.1, -0.05) is 12.1 Å². The van der Waals surface area contributed by atoms with Gasteiger partial charge in [-0.05, 0) is 38.1 Å². The van der Waals surface area contributed by atoms with Crippen molar-refractivity contribution < 1.29 is 19.0 Å². The Morgan fingerprint density at radius 2 is 1.77 bits per heavy atom. The summed E-state index contributed by atoms with van der Waals surface area (Å²) in [6.45, 7) is 2.11. The Kier molecular flexibility index (Phi) is 6.58. The maximum absolute atomic E-state index is 12.6. The van der Waals surface area contributed by atoms with Crippen LogP contribution < -0.4 is 19.5 Å². The number of likely N-dealkylation sites (tertiary alicyclic amines) is 1. The van der Waals surface area contributed by atoms with Crippen LogP contribution in [0.15, 0.2) is 36.4 Å². The predicted molar refractivity (Wildman–Crippen MR) is 123 cm³/mol. The van der Waals surface area contributed by atoms with Crippen molar-refractivity contribution in [3.8, 4) is 17.2 Å². The Morgan fingerprint density at radius 1 is 1.10 bits per heavy atom. The van der Waals surface area contributed by atoms with Gasteiger partial charge in [0.25, 0.3) is 0 Å². The average Bonchev–Trinajstić information content (AvgIpc) is 3.23. The Hall–Kier alpha value is -2.84. The summed E-state index contributed by atoms with van der Waals surface area (Å²) in [5, 5.41) is 4.16. The molecular formula is C23H27N3O4S. The van der Waals surface area contributed by atoms with Crippen molar-refractivity contribution in [3.05, 3.63) is 41.4 Å². The first-order chi connectivity index (χ1) is 15.1. The van der Waals surface area contributed by atoms with Gasteiger partial charge in [0.05, 0.1) is 43.1 Å². The van der Waals surface area contributed by atoms with Gasteiger partial charge in [-0.15, -0.1) is 11.3 Å². The molecule has 0 saturated carbocycles. The normalized spacial score (nSPS) is 15.1. The topological polar surface area (TPSA) is 72.9 Å². The molecule has 0 unspecified atom stereocenters. The van der Waals surface area contributed by atoms with Crippen LogP contribution in [0.3, 0.4) is 0 Å². The first-order valence-corrected chi connectivity index (χ1v) is 11.1. The molecule has 1 saturated heterocycles. The minimum absolute atomic E-state index is 0.0623. The maximum atomic E-state index is 12.6. The maximum Gasteiger partial charge on any atom is 0.238 e. The van der Waals surface area contributed by atoms with Gasteiger partial charge in [-0.2, -0.15) is 0 Å². The summed E-state index contributed by atoms with van der Waals surface area (Å²) in [6.07, 6.45) is 2.02. The Bertz CT molecular complexity index is 1000. The minimum Gasteiger partial charge on any atom is -0.493 e. The minimum atomic E-state index is -0.0623. The molecule has 0 bridgehead atoms. The van der Waals surface area contributed by atoms with Crippen LogP contribution in [-0.2, 0) is 4.79 Å². The quantitative estimate of drug-likeness (QED) is 0.594. The number of nitrogens with zero attached hydrogens (tertiary/aromatic N) is 2. The molecular weight excluding hydrogens is 414 g/mol. The largest absolute Gasteiger partial charge is 0.493 e. The second kappa shape index (κ2) is 9.53. The van der Waals surface area contributed by atoms with Crippen LogP contribution in [0.4, 0.5) is 5.69 Å². The molecule has 3 aromatic rings. The molecule has 1 aliphatic heterocycles. The highest BCUT2D eigenvalue weighted by molar-refractivity contribution is 7.18. The van der Waals surface area contributed by atoms with E-state index in [1.54, 1.807) is 44.8 Å². The van der Waals surface area contributed by atoms with E-state index in [1.807, 2.05) is 6.07 Å². The highest BCUT2D eigenvalue weighted by Crippen LogP contribution is 2.40. The summed E-state index contributed by atoms with van der Waals surface area (Å²) in [6, 6.07) is 11.7. The second-order valence-electron chi connectivity index (χ2n) is 7.53. The van der Waals surface area contributed by atoms with Gasteiger partial charge in [0.1, 0.15) is 0 Å². The Balaban J connectivity index is 1.34. The summed E-state index contributed by atoms with van der Waals surface area (Å²) in [4.78, 5) is 19.6. The van der Waals surface area contributed by atoms with Gasteiger partial charge in [0, 0.05) is 23.7 Å². The van der Waals surface area contributed by atoms with Crippen LogP contribution in [0.5, 0.6) is 17.2 Å². The molecule has 2 aromatic carbocycles. The van der Waals surface area contributed by atoms with E-state index in [0.717, 1.165) is 31.4 Å². The fourth-order valence-corrected chi connectivity index (χ4v) is 5.10. The van der Waals surface area contributed by atoms with Crippen molar-refractivity contribution in [3.63, 3.8) is 0 Å². The third-order valence-corrected chi connectivity index (χ3v) is 6.76. The van der Waals surface area contributed by atoms with Gasteiger partial charge in [-0.25, -0.2) is 4.98 Å². The Labute approximate surface area is 185 Å². The monoisotopic (exact) mass is 441 g/mol. The van der Waals surface area contributed by atoms with E-state index in [0.29, 0.717) is 35.4 Å². The van der Waals surface area contributed by atoms with E-state index in [9.17, 15) is 4.79 Å². The van der Waals surface area contributed by atoms with Crippen molar-refractivity contribution in [2.75, 3.05) is 46.3 Å². The lowest BCUT2D eigenvalue weighted by atomic mass is 9.97. The number of piperidine rings is 1. The van der Waals surface area contributed by atoms with Crippen LogP contribution in [0, 0.1) is 0 Å². The van der Waals surface area contributed by atoms with Gasteiger partial charge >= 0.3 is 0 Å². The van der Waals surface area contributed by atoms with Crippen LogP contribution in [0.1, 0.15) is 23.8 Å². The lowest BCUT2D eigenvalue weighted by Crippen LogP contribution is -2.38. The molecule has 1 N–H and O–H groups in total. The summed E-state index contributed by atoms with van der Waals surface area (Å²) in [5.74, 6) is 1.92. The third-order valence-electron chi connectivity index (χ3n) is 5.56. The summed E-state index contributed by atoms with van der Waals surface area (Å²) < 4.78 is 17.3. The number of hydrogen-bond acceptors (Lipinski definition) is 7. The van der Waals surface area contributed by atoms with E-state index in [1.165, 1.54) is 9.71 Å². The molecule has 0 aliphatic carbocycles. The summed E-state index contributed by atoms with van der Waals surface area (Å²) >= 11 is 1.79. The number of amides is 1. The molecule has 0 spiro atoms. The van der Waals surface area contributed by atoms with Crippen LogP contribution in [0.2, 0.25) is 0 Å². The van der Waals surface area contributed by atoms with Crippen molar-refractivity contribution in [1.29, 1.82) is 0 Å². The smallest absolute Gasteiger partial charge is 0.238 e. The summed E-state index contributed by atoms with van der Waals surface area (Å²) in [5.41, 5.74) is 1.69. The lowest BCUT2D eigenvalue weighted by Gasteiger charge is -2.30. The Morgan fingerprint density at radius 3 is 2.39 bits per heavy atom. The number of thiazole rings is 1. The number of anilines is 1. The number of aromatic nitrogens is 1. The van der Waals surface area contributed by atoms with Gasteiger partial charge < -0.3 is 19.5 Å². The molecule has 1 fully saturated rings. The molecule has 0 radical (unpaired) electrons. The number of fused-ring (bicyclic) bond motifs is 1. The van der Waals surface area contributed by atoms with E-state index in [4.69, 9.17) is 19.2 Å². The molecule has 1 aliphatic rings. The number of nitrogens with one attached hydrogen (secondary N) is 1. The number of carbonyl (C=O) groups is 1. The number of benzene rings is 2. The highest BCUT2D eigenvalue weighted by Gasteiger charge is 2.24. The van der Waals surface area contributed by atoms with E-state index in [-0.39, 0.29) is 5.91 Å². The highest BCUT2D eigenvalue weighted by atomic mass is 32.1. The molecule has 1 amide bonds. The van der Waals surface area contributed by atoms with Crippen molar-refractivity contribution in [1.82, 2.24) is 9.88 Å². The van der Waals surface area contributed by atoms with Gasteiger partial charge in [-0.3, -0.25) is 9.69 Å². The summed E-state index contributed by atoms with van der Waals surface area (Å²) in [7, 11) is 4.66. The van der Waals surface area contributed by atoms with Gasteiger partial charge in [0.15, 0.2) is 11.5 Å². The fourth-order valence-electron chi connectivity index (χ4n) is 3.96. The second-order valence-corrected chi connectivity index (χ2v) is 8.59. The fraction of sp³-hybridized carbons (Fsp3) is 0.391. The number of carbonyl (C=O) groups excluding carboxylic acids is 1. The molecule has 31 heavy (non-hydrogen) atoms. The van der Waals surface area contributed by atoms with Crippen molar-refractivity contribution in [2.45, 2.75) is 18.8 Å². The zero-order valence-electron chi connectivity index (χ0n) is 18.0. The zero-order valence-corrected chi connectivity index (χ0v) is 18.8. The third kappa shape index (κ3) is 4.75. The zero-order chi connectivity index (χ0) is 21.8. The van der Waals surface area contributed by atoms with Crippen LogP contribution in [0.25, 0.3) is 10.2 Å². The van der Waals surface area contributed by atoms with Crippen LogP contribution in [-0.4, -0.2) is 56.8 Å². The number of hydrogen-bond donors (Lipinski definition) is 1. The van der Waals surface area contributed by atoms with Crippen LogP contribution >= 0.6 is 11.3 Å². The first kappa shape index (κ1) is 21.4. The standard InChI is InChI=1S/C23H27N3O4S/c1-28-18-12-16(13-19(29-2)22(18)30-3)24-21(27)14-26-10-8-15(9-11-26)23-25-17-6-4-5-7-20(17)31-23/h4-7,12-13,15H,8-11,14H2,1-3H3,(H,24,27). The SMILES string of the molecule is COc1cc(NC(=O)CN2CCC(c3nc4ccccc4s3)CC2)cc(OC)c1OC. The number of para-hydroxylation sites is 1. The molecule has 2 heterocycles. The molecule has 0 atom stereocenters. The van der Waals surface area contributed by atoms with E-state index < -0.39 is 0 Å². The molecule has 164 valence electrons. The molecule has 8 heteroatoms. The first-order valence-electron chi connectivity index (χ1n) is 10.3. The number of rotatable bonds is 7. The molecule has 4 rings (SSSR count). The predicted octanol–water partition coefficient (Wildman–Crippen LogP) is 4.14. The average molecular weight is 442 g/mol. The molecule has 7 nitrogen and oxygen atoms in total. The number of methoxy groups -OCH3 is 3. The number of ether oxygens (including phenoxy) is 3. The van der Waals surface area contributed by atoms with E-state index >= 15 is 0 Å². The van der Waals surface area contributed by atoms with E-state index in [2.05, 4.69) is 28.4 Å². The van der Waals surface area contributed by atoms with Gasteiger partial charge in [0.2, 0.25) is 11.7 Å². The molecule has 1 aromatic heterocycles. The van der Waals surface area contributed by atoms with Crippen molar-refractivity contribution >= 4 is 33.1 Å². The van der Waals surface area contributed by atoms with Crippen molar-refractivity contribution in [2.24, 2.45) is 0 Å².